The molecule has 0 atom stereocenters. The van der Waals surface area contributed by atoms with Gasteiger partial charge in [0, 0.05) is 0 Å². The van der Waals surface area contributed by atoms with Crippen molar-refractivity contribution in [2.45, 2.75) is 6.18 Å². The van der Waals surface area contributed by atoms with Gasteiger partial charge in [0.2, 0.25) is 0 Å². The van der Waals surface area contributed by atoms with Crippen molar-refractivity contribution < 1.29 is 23.4 Å². The highest BCUT2D eigenvalue weighted by molar-refractivity contribution is 5.81. The molecule has 0 radical (unpaired) electrons. The second kappa shape index (κ2) is 5.74. The van der Waals surface area contributed by atoms with Gasteiger partial charge in [0.05, 0.1) is 17.5 Å². The van der Waals surface area contributed by atoms with Crippen LogP contribution in [-0.2, 0) is 6.18 Å². The highest BCUT2D eigenvalue weighted by Gasteiger charge is 2.33. The van der Waals surface area contributed by atoms with Gasteiger partial charge in [-0.3, -0.25) is 5.43 Å². The molecule has 0 fully saturated rings. The third-order valence-electron chi connectivity index (χ3n) is 2.63. The number of anilines is 1. The summed E-state index contributed by atoms with van der Waals surface area (Å²) in [6, 6.07) is 8.89. The summed E-state index contributed by atoms with van der Waals surface area (Å²) < 4.78 is 38.2. The molecule has 0 aromatic heterocycles. The fraction of sp³-hybridized carbons (Fsp3) is 0.0714. The lowest BCUT2D eigenvalue weighted by Crippen LogP contribution is -2.08. The monoisotopic (exact) mass is 296 g/mol. The average molecular weight is 296 g/mol. The van der Waals surface area contributed by atoms with E-state index in [0.29, 0.717) is 5.56 Å². The number of hydrogen-bond acceptors (Lipinski definition) is 4. The van der Waals surface area contributed by atoms with Crippen molar-refractivity contribution in [3.05, 3.63) is 53.6 Å². The van der Waals surface area contributed by atoms with Gasteiger partial charge in [-0.15, -0.1) is 0 Å². The molecule has 0 aliphatic carbocycles. The molecular formula is C14H11F3N2O2. The Labute approximate surface area is 118 Å². The lowest BCUT2D eigenvalue weighted by molar-refractivity contribution is -0.136. The maximum Gasteiger partial charge on any atom is 0.418 e. The number of alkyl halides is 3. The van der Waals surface area contributed by atoms with E-state index in [1.165, 1.54) is 42.6 Å². The van der Waals surface area contributed by atoms with E-state index in [0.717, 1.165) is 6.07 Å². The number of para-hydroxylation sites is 1. The average Bonchev–Trinajstić information content (AvgIpc) is 2.42. The number of benzene rings is 2. The largest absolute Gasteiger partial charge is 0.504 e. The lowest BCUT2D eigenvalue weighted by atomic mass is 10.2. The van der Waals surface area contributed by atoms with E-state index in [9.17, 15) is 18.3 Å². The van der Waals surface area contributed by atoms with Gasteiger partial charge < -0.3 is 10.2 Å². The van der Waals surface area contributed by atoms with Crippen molar-refractivity contribution in [3.63, 3.8) is 0 Å². The quantitative estimate of drug-likeness (QED) is 0.461. The van der Waals surface area contributed by atoms with Crippen LogP contribution >= 0.6 is 0 Å². The summed E-state index contributed by atoms with van der Waals surface area (Å²) >= 11 is 0. The van der Waals surface area contributed by atoms with Crippen molar-refractivity contribution in [1.29, 1.82) is 0 Å². The molecule has 21 heavy (non-hydrogen) atoms. The van der Waals surface area contributed by atoms with Crippen molar-refractivity contribution in [2.24, 2.45) is 5.10 Å². The van der Waals surface area contributed by atoms with Crippen LogP contribution in [0.4, 0.5) is 18.9 Å². The Morgan fingerprint density at radius 2 is 1.71 bits per heavy atom. The number of phenolic OH excluding ortho intramolecular Hbond substituents is 2. The first-order valence-electron chi connectivity index (χ1n) is 5.85. The van der Waals surface area contributed by atoms with Crippen LogP contribution in [-0.4, -0.2) is 16.4 Å². The van der Waals surface area contributed by atoms with E-state index in [-0.39, 0.29) is 17.2 Å². The minimum absolute atomic E-state index is 0.177. The van der Waals surface area contributed by atoms with Crippen molar-refractivity contribution in [2.75, 3.05) is 5.43 Å². The number of rotatable bonds is 3. The normalized spacial score (nSPS) is 11.8. The highest BCUT2D eigenvalue weighted by Crippen LogP contribution is 2.34. The number of hydrogen-bond donors (Lipinski definition) is 3. The van der Waals surface area contributed by atoms with E-state index in [4.69, 9.17) is 5.11 Å². The predicted octanol–water partition coefficient (Wildman–Crippen LogP) is 3.56. The Bertz CT molecular complexity index is 670. The second-order valence-electron chi connectivity index (χ2n) is 4.16. The number of nitrogens with zero attached hydrogens (tertiary/aromatic N) is 1. The first-order chi connectivity index (χ1) is 9.88. The summed E-state index contributed by atoms with van der Waals surface area (Å²) in [5, 5.41) is 22.1. The van der Waals surface area contributed by atoms with Crippen LogP contribution in [0.5, 0.6) is 11.5 Å². The number of aromatic hydroxyl groups is 2. The van der Waals surface area contributed by atoms with E-state index >= 15 is 0 Å². The summed E-state index contributed by atoms with van der Waals surface area (Å²) in [6.45, 7) is 0. The number of nitrogens with one attached hydrogen (secondary N) is 1. The van der Waals surface area contributed by atoms with Crippen LogP contribution in [0.3, 0.4) is 0 Å². The number of phenols is 2. The summed E-state index contributed by atoms with van der Waals surface area (Å²) in [4.78, 5) is 0. The maximum atomic E-state index is 12.7. The van der Waals surface area contributed by atoms with E-state index < -0.39 is 11.7 Å². The molecule has 3 N–H and O–H groups in total. The molecular weight excluding hydrogens is 285 g/mol. The van der Waals surface area contributed by atoms with E-state index in [1.807, 2.05) is 0 Å². The molecule has 0 amide bonds. The standard InChI is InChI=1S/C14H11F3N2O2/c15-14(16,17)10-3-1-2-4-11(10)19-18-8-9-5-6-12(20)13(21)7-9/h1-8,19-21H/b18-8+. The van der Waals surface area contributed by atoms with Gasteiger partial charge in [0.25, 0.3) is 0 Å². The van der Waals surface area contributed by atoms with Crippen LogP contribution in [0, 0.1) is 0 Å². The summed E-state index contributed by atoms with van der Waals surface area (Å²) in [5.74, 6) is -0.628. The van der Waals surface area contributed by atoms with Gasteiger partial charge in [0.1, 0.15) is 0 Å². The van der Waals surface area contributed by atoms with Crippen LogP contribution in [0.15, 0.2) is 47.6 Å². The molecule has 0 spiro atoms. The van der Waals surface area contributed by atoms with Gasteiger partial charge in [-0.05, 0) is 35.9 Å². The topological polar surface area (TPSA) is 64.9 Å². The fourth-order valence-electron chi connectivity index (χ4n) is 1.62. The van der Waals surface area contributed by atoms with Crippen LogP contribution in [0.25, 0.3) is 0 Å². The molecule has 0 aliphatic rings. The maximum absolute atomic E-state index is 12.7. The zero-order chi connectivity index (χ0) is 15.5. The minimum atomic E-state index is -4.48. The zero-order valence-electron chi connectivity index (χ0n) is 10.6. The first-order valence-corrected chi connectivity index (χ1v) is 5.85. The van der Waals surface area contributed by atoms with Crippen LogP contribution in [0.2, 0.25) is 0 Å². The molecule has 2 rings (SSSR count). The van der Waals surface area contributed by atoms with E-state index in [2.05, 4.69) is 10.5 Å². The predicted molar refractivity (Wildman–Crippen MR) is 72.4 cm³/mol. The Hall–Kier alpha value is -2.70. The molecule has 2 aromatic carbocycles. The first kappa shape index (κ1) is 14.7. The highest BCUT2D eigenvalue weighted by atomic mass is 19.4. The van der Waals surface area contributed by atoms with Gasteiger partial charge in [-0.1, -0.05) is 12.1 Å². The molecule has 0 saturated carbocycles. The molecule has 0 aliphatic heterocycles. The van der Waals surface area contributed by atoms with Crippen molar-refractivity contribution in [1.82, 2.24) is 0 Å². The van der Waals surface area contributed by atoms with Gasteiger partial charge >= 0.3 is 6.18 Å². The summed E-state index contributed by atoms with van der Waals surface area (Å²) in [6.07, 6.45) is -3.25. The zero-order valence-corrected chi connectivity index (χ0v) is 10.6. The third kappa shape index (κ3) is 3.65. The van der Waals surface area contributed by atoms with Gasteiger partial charge in [-0.25, -0.2) is 0 Å². The fourth-order valence-corrected chi connectivity index (χ4v) is 1.62. The molecule has 110 valence electrons. The second-order valence-corrected chi connectivity index (χ2v) is 4.16. The number of halogens is 3. The SMILES string of the molecule is Oc1ccc(/C=N/Nc2ccccc2C(F)(F)F)cc1O. The molecule has 0 unspecified atom stereocenters. The summed E-state index contributed by atoms with van der Waals surface area (Å²) in [5.41, 5.74) is 1.73. The van der Waals surface area contributed by atoms with Gasteiger partial charge in [0.15, 0.2) is 11.5 Å². The third-order valence-corrected chi connectivity index (χ3v) is 2.63. The van der Waals surface area contributed by atoms with E-state index in [1.54, 1.807) is 0 Å². The Morgan fingerprint density at radius 3 is 2.38 bits per heavy atom. The molecule has 0 saturated heterocycles. The molecule has 4 nitrogen and oxygen atoms in total. The van der Waals surface area contributed by atoms with Crippen LogP contribution in [0.1, 0.15) is 11.1 Å². The number of hydrazone groups is 1. The smallest absolute Gasteiger partial charge is 0.418 e. The summed E-state index contributed by atoms with van der Waals surface area (Å²) in [7, 11) is 0. The van der Waals surface area contributed by atoms with Crippen molar-refractivity contribution >= 4 is 11.9 Å². The van der Waals surface area contributed by atoms with Crippen molar-refractivity contribution in [3.8, 4) is 11.5 Å². The van der Waals surface area contributed by atoms with Crippen LogP contribution < -0.4 is 5.43 Å². The minimum Gasteiger partial charge on any atom is -0.504 e. The molecule has 2 aromatic rings. The lowest BCUT2D eigenvalue weighted by Gasteiger charge is -2.11. The Kier molecular flexibility index (Phi) is 4.02. The van der Waals surface area contributed by atoms with Gasteiger partial charge in [-0.2, -0.15) is 18.3 Å². The Balaban J connectivity index is 2.16. The Morgan fingerprint density at radius 1 is 1.00 bits per heavy atom. The molecule has 0 bridgehead atoms. The molecule has 0 heterocycles. The molecule has 7 heteroatoms.